The van der Waals surface area contributed by atoms with Gasteiger partial charge in [0.15, 0.2) is 0 Å². The van der Waals surface area contributed by atoms with Gasteiger partial charge in [0.2, 0.25) is 0 Å². The molecule has 62 valence electrons. The third kappa shape index (κ3) is 1.86. The highest BCUT2D eigenvalue weighted by Crippen LogP contribution is 2.10. The van der Waals surface area contributed by atoms with Crippen LogP contribution in [0, 0.1) is 0 Å². The molecular formula is C9H8ClNO. The normalized spacial score (nSPS) is 11.2. The molecule has 0 saturated carbocycles. The molecule has 0 aliphatic carbocycles. The number of nitrogens with zero attached hydrogens (tertiary/aromatic N) is 1. The number of allylic oxidation sites excluding steroid dienone is 1. The van der Waals surface area contributed by atoms with Gasteiger partial charge in [-0.25, -0.2) is 0 Å². The maximum absolute atomic E-state index is 8.53. The highest BCUT2D eigenvalue weighted by Gasteiger charge is 1.97. The maximum atomic E-state index is 8.53. The topological polar surface area (TPSA) is 32.6 Å². The predicted octanol–water partition coefficient (Wildman–Crippen LogP) is 2.70. The van der Waals surface area contributed by atoms with Crippen LogP contribution in [0.5, 0.6) is 0 Å². The van der Waals surface area contributed by atoms with Gasteiger partial charge in [-0.3, -0.25) is 0 Å². The van der Waals surface area contributed by atoms with Crippen LogP contribution in [-0.4, -0.2) is 10.9 Å². The molecule has 1 aromatic rings. The lowest BCUT2D eigenvalue weighted by molar-refractivity contribution is 0.320. The molecule has 0 heterocycles. The molecule has 1 aromatic carbocycles. The van der Waals surface area contributed by atoms with Crippen molar-refractivity contribution in [1.82, 2.24) is 0 Å². The lowest BCUT2D eigenvalue weighted by Gasteiger charge is -1.97. The molecule has 0 fully saturated rings. The lowest BCUT2D eigenvalue weighted by atomic mass is 10.1. The molecule has 3 heteroatoms. The first-order chi connectivity index (χ1) is 5.77. The summed E-state index contributed by atoms with van der Waals surface area (Å²) in [5.41, 5.74) is 1.23. The minimum atomic E-state index is 0.437. The van der Waals surface area contributed by atoms with Crippen molar-refractivity contribution < 1.29 is 5.21 Å². The van der Waals surface area contributed by atoms with Crippen molar-refractivity contribution in [2.24, 2.45) is 5.16 Å². The van der Waals surface area contributed by atoms with Crippen LogP contribution in [0.4, 0.5) is 0 Å². The number of hydrogen-bond donors (Lipinski definition) is 1. The van der Waals surface area contributed by atoms with Crippen LogP contribution in [0.2, 0.25) is 5.02 Å². The van der Waals surface area contributed by atoms with Crippen molar-refractivity contribution in [3.05, 3.63) is 47.5 Å². The van der Waals surface area contributed by atoms with E-state index >= 15 is 0 Å². The second-order valence-electron chi connectivity index (χ2n) is 2.20. The third-order valence-corrected chi connectivity index (χ3v) is 1.69. The highest BCUT2D eigenvalue weighted by atomic mass is 35.5. The second-order valence-corrected chi connectivity index (χ2v) is 2.63. The van der Waals surface area contributed by atoms with Crippen molar-refractivity contribution in [3.63, 3.8) is 0 Å². The van der Waals surface area contributed by atoms with Gasteiger partial charge >= 0.3 is 0 Å². The first-order valence-electron chi connectivity index (χ1n) is 3.38. The van der Waals surface area contributed by atoms with Crippen molar-refractivity contribution in [2.45, 2.75) is 0 Å². The van der Waals surface area contributed by atoms with Crippen LogP contribution in [0.1, 0.15) is 5.56 Å². The molecule has 0 aliphatic heterocycles. The van der Waals surface area contributed by atoms with Gasteiger partial charge in [-0.2, -0.15) is 0 Å². The predicted molar refractivity (Wildman–Crippen MR) is 50.0 cm³/mol. The number of hydrogen-bond acceptors (Lipinski definition) is 2. The Kier molecular flexibility index (Phi) is 2.88. The Balaban J connectivity index is 3.04. The highest BCUT2D eigenvalue weighted by molar-refractivity contribution is 6.30. The Morgan fingerprint density at radius 2 is 2.00 bits per heavy atom. The standard InChI is InChI=1S/C9H8ClNO/c1-2-9(11-12)7-3-5-8(10)6-4-7/h2-6,12H,1H2. The van der Waals surface area contributed by atoms with Gasteiger partial charge in [0.05, 0.1) is 0 Å². The van der Waals surface area contributed by atoms with Crippen molar-refractivity contribution >= 4 is 17.3 Å². The smallest absolute Gasteiger partial charge is 0.109 e. The van der Waals surface area contributed by atoms with E-state index in [1.165, 1.54) is 6.08 Å². The van der Waals surface area contributed by atoms with Crippen LogP contribution >= 0.6 is 11.6 Å². The molecule has 0 spiro atoms. The molecule has 0 aromatic heterocycles. The number of oxime groups is 1. The Labute approximate surface area is 75.8 Å². The summed E-state index contributed by atoms with van der Waals surface area (Å²) < 4.78 is 0. The lowest BCUT2D eigenvalue weighted by Crippen LogP contribution is -1.94. The van der Waals surface area contributed by atoms with Gasteiger partial charge in [0.25, 0.3) is 0 Å². The van der Waals surface area contributed by atoms with Crippen LogP contribution in [0.15, 0.2) is 42.1 Å². The number of rotatable bonds is 2. The van der Waals surface area contributed by atoms with Crippen molar-refractivity contribution in [2.75, 3.05) is 0 Å². The van der Waals surface area contributed by atoms with E-state index in [0.29, 0.717) is 10.7 Å². The summed E-state index contributed by atoms with van der Waals surface area (Å²) in [6, 6.07) is 6.98. The van der Waals surface area contributed by atoms with Gasteiger partial charge < -0.3 is 5.21 Å². The summed E-state index contributed by atoms with van der Waals surface area (Å²) in [6.45, 7) is 3.51. The molecule has 12 heavy (non-hydrogen) atoms. The molecule has 0 amide bonds. The van der Waals surface area contributed by atoms with Gasteiger partial charge in [-0.15, -0.1) is 0 Å². The number of benzene rings is 1. The van der Waals surface area contributed by atoms with E-state index in [1.54, 1.807) is 24.3 Å². The summed E-state index contributed by atoms with van der Waals surface area (Å²) in [4.78, 5) is 0. The first-order valence-corrected chi connectivity index (χ1v) is 3.76. The summed E-state index contributed by atoms with van der Waals surface area (Å²) in [5.74, 6) is 0. The van der Waals surface area contributed by atoms with Gasteiger partial charge in [0, 0.05) is 10.6 Å². The monoisotopic (exact) mass is 181 g/mol. The average Bonchev–Trinajstić information content (AvgIpc) is 2.10. The van der Waals surface area contributed by atoms with Gasteiger partial charge in [-0.1, -0.05) is 35.5 Å². The van der Waals surface area contributed by atoms with E-state index in [9.17, 15) is 0 Å². The molecular weight excluding hydrogens is 174 g/mol. The van der Waals surface area contributed by atoms with E-state index in [1.807, 2.05) is 0 Å². The molecule has 0 atom stereocenters. The Morgan fingerprint density at radius 3 is 2.42 bits per heavy atom. The zero-order chi connectivity index (χ0) is 8.97. The van der Waals surface area contributed by atoms with Gasteiger partial charge in [-0.05, 0) is 18.2 Å². The van der Waals surface area contributed by atoms with E-state index in [-0.39, 0.29) is 0 Å². The quantitative estimate of drug-likeness (QED) is 0.425. The third-order valence-electron chi connectivity index (χ3n) is 1.44. The number of halogens is 1. The molecule has 2 nitrogen and oxygen atoms in total. The summed E-state index contributed by atoms with van der Waals surface area (Å²) in [7, 11) is 0. The minimum absolute atomic E-state index is 0.437. The first kappa shape index (κ1) is 8.81. The molecule has 1 N–H and O–H groups in total. The fourth-order valence-corrected chi connectivity index (χ4v) is 0.963. The van der Waals surface area contributed by atoms with Crippen LogP contribution < -0.4 is 0 Å². The second kappa shape index (κ2) is 3.93. The Morgan fingerprint density at radius 1 is 1.42 bits per heavy atom. The van der Waals surface area contributed by atoms with E-state index in [2.05, 4.69) is 11.7 Å². The van der Waals surface area contributed by atoms with Crippen LogP contribution in [0.3, 0.4) is 0 Å². The zero-order valence-electron chi connectivity index (χ0n) is 6.37. The van der Waals surface area contributed by atoms with Crippen molar-refractivity contribution in [1.29, 1.82) is 0 Å². The van der Waals surface area contributed by atoms with E-state index in [4.69, 9.17) is 16.8 Å². The van der Waals surface area contributed by atoms with E-state index < -0.39 is 0 Å². The average molecular weight is 182 g/mol. The van der Waals surface area contributed by atoms with Gasteiger partial charge in [0.1, 0.15) is 5.71 Å². The molecule has 0 saturated heterocycles. The fourth-order valence-electron chi connectivity index (χ4n) is 0.837. The molecule has 0 unspecified atom stereocenters. The summed E-state index contributed by atoms with van der Waals surface area (Å²) >= 11 is 5.67. The largest absolute Gasteiger partial charge is 0.410 e. The SMILES string of the molecule is C=CC(=NO)c1ccc(Cl)cc1. The molecule has 0 aliphatic rings. The summed E-state index contributed by atoms with van der Waals surface area (Å²) in [5, 5.41) is 12.2. The Bertz CT molecular complexity index is 303. The molecule has 0 radical (unpaired) electrons. The van der Waals surface area contributed by atoms with E-state index in [0.717, 1.165) is 5.56 Å². The zero-order valence-corrected chi connectivity index (χ0v) is 7.12. The fraction of sp³-hybridized carbons (Fsp3) is 0. The Hall–Kier alpha value is -1.28. The minimum Gasteiger partial charge on any atom is -0.410 e. The van der Waals surface area contributed by atoms with Crippen LogP contribution in [-0.2, 0) is 0 Å². The molecule has 1 rings (SSSR count). The summed E-state index contributed by atoms with van der Waals surface area (Å²) in [6.07, 6.45) is 1.48. The maximum Gasteiger partial charge on any atom is 0.109 e. The van der Waals surface area contributed by atoms with Crippen LogP contribution in [0.25, 0.3) is 0 Å². The van der Waals surface area contributed by atoms with Crippen molar-refractivity contribution in [3.8, 4) is 0 Å². The molecule has 0 bridgehead atoms.